The molecule has 1 aromatic heterocycles. The zero-order valence-electron chi connectivity index (χ0n) is 18.8. The van der Waals surface area contributed by atoms with Gasteiger partial charge < -0.3 is 20.5 Å². The molecular formula is C25H33N5O2. The van der Waals surface area contributed by atoms with Crippen LogP contribution in [0.1, 0.15) is 55.4 Å². The van der Waals surface area contributed by atoms with Gasteiger partial charge in [0.25, 0.3) is 5.91 Å². The molecule has 2 fully saturated rings. The smallest absolute Gasteiger partial charge is 0.268 e. The summed E-state index contributed by atoms with van der Waals surface area (Å²) in [5.41, 5.74) is 1.60. The van der Waals surface area contributed by atoms with Gasteiger partial charge in [-0.05, 0) is 63.2 Å². The maximum absolute atomic E-state index is 13.1. The highest BCUT2D eigenvalue weighted by molar-refractivity contribution is 5.99. The fraction of sp³-hybridized carbons (Fsp3) is 0.560. The number of hydrogen-bond donors (Lipinski definition) is 3. The monoisotopic (exact) mass is 435 g/mol. The number of aromatic nitrogens is 1. The lowest BCUT2D eigenvalue weighted by Gasteiger charge is -2.32. The van der Waals surface area contributed by atoms with Gasteiger partial charge in [-0.3, -0.25) is 9.59 Å². The van der Waals surface area contributed by atoms with Crippen molar-refractivity contribution >= 4 is 22.7 Å². The molecule has 1 saturated heterocycles. The van der Waals surface area contributed by atoms with Crippen LogP contribution in [0.15, 0.2) is 30.3 Å². The quantitative estimate of drug-likeness (QED) is 0.650. The minimum Gasteiger partial charge on any atom is -0.347 e. The van der Waals surface area contributed by atoms with E-state index in [1.54, 1.807) is 0 Å². The zero-order valence-corrected chi connectivity index (χ0v) is 18.8. The average molecular weight is 436 g/mol. The van der Waals surface area contributed by atoms with Crippen LogP contribution < -0.4 is 16.0 Å². The van der Waals surface area contributed by atoms with Gasteiger partial charge in [0.2, 0.25) is 5.91 Å². The average Bonchev–Trinajstić information content (AvgIpc) is 3.16. The van der Waals surface area contributed by atoms with Gasteiger partial charge >= 0.3 is 0 Å². The summed E-state index contributed by atoms with van der Waals surface area (Å²) in [4.78, 5) is 26.2. The molecule has 0 spiro atoms. The van der Waals surface area contributed by atoms with E-state index in [4.69, 9.17) is 0 Å². The molecule has 3 N–H and O–H groups in total. The number of nitrogens with one attached hydrogen (secondary N) is 3. The topological polar surface area (TPSA) is 99.0 Å². The van der Waals surface area contributed by atoms with Crippen LogP contribution in [0.5, 0.6) is 0 Å². The maximum atomic E-state index is 13.1. The summed E-state index contributed by atoms with van der Waals surface area (Å²) in [6.07, 6.45) is 6.24. The normalized spacial score (nSPS) is 22.8. The summed E-state index contributed by atoms with van der Waals surface area (Å²) in [5.74, 6) is -0.0896. The number of carbonyl (C=O) groups excluding carboxylic acids is 2. The van der Waals surface area contributed by atoms with Gasteiger partial charge in [0.15, 0.2) is 0 Å². The lowest BCUT2D eigenvalue weighted by molar-refractivity contribution is -0.127. The van der Waals surface area contributed by atoms with Gasteiger partial charge in [0.1, 0.15) is 11.7 Å². The van der Waals surface area contributed by atoms with E-state index in [0.717, 1.165) is 62.5 Å². The summed E-state index contributed by atoms with van der Waals surface area (Å²) in [5, 5.41) is 20.1. The molecule has 7 heteroatoms. The first-order valence-electron chi connectivity index (χ1n) is 11.8. The molecule has 1 aliphatic heterocycles. The number of hydrogen-bond acceptors (Lipinski definition) is 4. The Bertz CT molecular complexity index is 1000. The second-order valence-corrected chi connectivity index (χ2v) is 9.24. The Hall–Kier alpha value is -2.85. The molecule has 170 valence electrons. The molecule has 0 bridgehead atoms. The van der Waals surface area contributed by atoms with E-state index in [1.165, 1.54) is 0 Å². The van der Waals surface area contributed by atoms with Gasteiger partial charge in [-0.15, -0.1) is 0 Å². The molecule has 1 unspecified atom stereocenters. The molecule has 3 atom stereocenters. The van der Waals surface area contributed by atoms with Crippen molar-refractivity contribution in [3.63, 3.8) is 0 Å². The molecule has 1 aromatic carbocycles. The Morgan fingerprint density at radius 2 is 1.94 bits per heavy atom. The van der Waals surface area contributed by atoms with Crippen LogP contribution in [0, 0.1) is 23.2 Å². The highest BCUT2D eigenvalue weighted by Gasteiger charge is 2.34. The molecular weight excluding hydrogens is 402 g/mol. The third-order valence-corrected chi connectivity index (χ3v) is 7.10. The molecule has 2 heterocycles. The molecule has 2 amide bonds. The number of nitrogens with zero attached hydrogens (tertiary/aromatic N) is 2. The summed E-state index contributed by atoms with van der Waals surface area (Å²) in [6.45, 7) is 1.95. The van der Waals surface area contributed by atoms with E-state index in [-0.39, 0.29) is 23.8 Å². The first-order valence-corrected chi connectivity index (χ1v) is 11.8. The van der Waals surface area contributed by atoms with E-state index >= 15 is 0 Å². The van der Waals surface area contributed by atoms with Crippen LogP contribution in [-0.2, 0) is 11.8 Å². The van der Waals surface area contributed by atoms with Gasteiger partial charge in [-0.25, -0.2) is 0 Å². The molecule has 1 aliphatic carbocycles. The van der Waals surface area contributed by atoms with Gasteiger partial charge in [-0.1, -0.05) is 31.0 Å². The Morgan fingerprint density at radius 3 is 2.69 bits per heavy atom. The second-order valence-electron chi connectivity index (χ2n) is 9.24. The highest BCUT2D eigenvalue weighted by atomic mass is 16.2. The second kappa shape index (κ2) is 10.2. The number of para-hydroxylation sites is 1. The van der Waals surface area contributed by atoms with Crippen molar-refractivity contribution in [2.45, 2.75) is 57.0 Å². The minimum absolute atomic E-state index is 0.104. The summed E-state index contributed by atoms with van der Waals surface area (Å²) >= 11 is 0. The third-order valence-electron chi connectivity index (χ3n) is 7.10. The van der Waals surface area contributed by atoms with Gasteiger partial charge in [0.05, 0.1) is 12.0 Å². The molecule has 4 rings (SSSR count). The first kappa shape index (κ1) is 22.3. The number of nitriles is 1. The Morgan fingerprint density at radius 1 is 1.19 bits per heavy atom. The lowest BCUT2D eigenvalue weighted by Crippen LogP contribution is -2.50. The third kappa shape index (κ3) is 4.97. The molecule has 32 heavy (non-hydrogen) atoms. The predicted octanol–water partition coefficient (Wildman–Crippen LogP) is 2.86. The predicted molar refractivity (Wildman–Crippen MR) is 124 cm³/mol. The number of amides is 2. The molecule has 7 nitrogen and oxygen atoms in total. The summed E-state index contributed by atoms with van der Waals surface area (Å²) < 4.78 is 1.90. The van der Waals surface area contributed by atoms with Crippen molar-refractivity contribution < 1.29 is 9.59 Å². The Balaban J connectivity index is 1.41. The van der Waals surface area contributed by atoms with Crippen LogP contribution in [0.3, 0.4) is 0 Å². The zero-order chi connectivity index (χ0) is 22.5. The number of benzene rings is 1. The van der Waals surface area contributed by atoms with Crippen LogP contribution in [0.2, 0.25) is 0 Å². The molecule has 1 saturated carbocycles. The van der Waals surface area contributed by atoms with E-state index in [1.807, 2.05) is 41.9 Å². The first-order chi connectivity index (χ1) is 15.6. The number of rotatable bonds is 6. The minimum atomic E-state index is -0.470. The molecule has 0 radical (unpaired) electrons. The van der Waals surface area contributed by atoms with Crippen LogP contribution in [0.25, 0.3) is 10.9 Å². The van der Waals surface area contributed by atoms with E-state index in [2.05, 4.69) is 22.0 Å². The number of carbonyl (C=O) groups is 2. The van der Waals surface area contributed by atoms with Crippen LogP contribution >= 0.6 is 0 Å². The largest absolute Gasteiger partial charge is 0.347 e. The number of piperidine rings is 1. The Labute approximate surface area is 189 Å². The van der Waals surface area contributed by atoms with Gasteiger partial charge in [0, 0.05) is 24.0 Å². The Kier molecular flexibility index (Phi) is 7.11. The number of aryl methyl sites for hydroxylation is 1. The van der Waals surface area contributed by atoms with Crippen molar-refractivity contribution in [2.75, 3.05) is 13.1 Å². The van der Waals surface area contributed by atoms with Crippen molar-refractivity contribution in [2.24, 2.45) is 18.9 Å². The van der Waals surface area contributed by atoms with Crippen molar-refractivity contribution in [1.82, 2.24) is 20.5 Å². The van der Waals surface area contributed by atoms with Crippen LogP contribution in [0.4, 0.5) is 0 Å². The fourth-order valence-corrected chi connectivity index (χ4v) is 5.24. The standard InChI is InChI=1S/C25H33N5O2/c1-30-22-9-5-2-6-18(22)15-23(30)25(32)29-21-8-4-3-7-20(21)24(31)28-19(16-26)14-17-10-12-27-13-11-17/h2,5-6,9,15,17,19-21,27H,3-4,7-8,10-14H2,1H3,(H,28,31)(H,29,32)/t19?,20-,21+/m1/s1. The van der Waals surface area contributed by atoms with Gasteiger partial charge in [-0.2, -0.15) is 5.26 Å². The van der Waals surface area contributed by atoms with E-state index in [9.17, 15) is 14.9 Å². The highest BCUT2D eigenvalue weighted by Crippen LogP contribution is 2.26. The molecule has 2 aromatic rings. The summed E-state index contributed by atoms with van der Waals surface area (Å²) in [7, 11) is 1.89. The summed E-state index contributed by atoms with van der Waals surface area (Å²) in [6, 6.07) is 11.4. The van der Waals surface area contributed by atoms with Crippen molar-refractivity contribution in [1.29, 1.82) is 5.26 Å². The van der Waals surface area contributed by atoms with E-state index < -0.39 is 6.04 Å². The van der Waals surface area contributed by atoms with Crippen molar-refractivity contribution in [3.8, 4) is 6.07 Å². The maximum Gasteiger partial charge on any atom is 0.268 e. The molecule has 2 aliphatic rings. The lowest BCUT2D eigenvalue weighted by atomic mass is 9.83. The van der Waals surface area contributed by atoms with E-state index in [0.29, 0.717) is 18.0 Å². The number of fused-ring (bicyclic) bond motifs is 1. The SMILES string of the molecule is Cn1c(C(=O)N[C@H]2CCCC[C@H]2C(=O)NC(C#N)CC2CCNCC2)cc2ccccc21. The fourth-order valence-electron chi connectivity index (χ4n) is 5.24. The van der Waals surface area contributed by atoms with Crippen LogP contribution in [-0.4, -0.2) is 41.6 Å². The van der Waals surface area contributed by atoms with Crippen molar-refractivity contribution in [3.05, 3.63) is 36.0 Å².